The average Bonchev–Trinajstić information content (AvgIpc) is 1.90. The van der Waals surface area contributed by atoms with Gasteiger partial charge in [-0.15, -0.1) is 0 Å². The van der Waals surface area contributed by atoms with Crippen molar-refractivity contribution in [3.8, 4) is 5.75 Å². The van der Waals surface area contributed by atoms with Crippen LogP contribution < -0.4 is 4.65 Å². The summed E-state index contributed by atoms with van der Waals surface area (Å²) in [6, 6.07) is 9.68. The van der Waals surface area contributed by atoms with Crippen molar-refractivity contribution in [1.82, 2.24) is 0 Å². The van der Waals surface area contributed by atoms with Gasteiger partial charge in [0.15, 0.2) is 0 Å². The highest BCUT2D eigenvalue weighted by Crippen LogP contribution is 2.05. The van der Waals surface area contributed by atoms with Gasteiger partial charge in [0.1, 0.15) is 0 Å². The highest BCUT2D eigenvalue weighted by atomic mass is 16.4. The number of rotatable bonds is 1. The van der Waals surface area contributed by atoms with Gasteiger partial charge in [0.05, 0.1) is 5.75 Å². The van der Waals surface area contributed by atoms with Gasteiger partial charge in [-0.25, -0.2) is 0 Å². The zero-order chi connectivity index (χ0) is 5.82. The summed E-state index contributed by atoms with van der Waals surface area (Å²) in [5, 5.41) is 0. The largest absolute Gasteiger partial charge is 0.568 e. The van der Waals surface area contributed by atoms with Crippen molar-refractivity contribution in [2.45, 2.75) is 0 Å². The van der Waals surface area contributed by atoms with Crippen molar-refractivity contribution in [2.24, 2.45) is 0 Å². The molecule has 2 heteroatoms. The van der Waals surface area contributed by atoms with Gasteiger partial charge in [-0.1, -0.05) is 18.2 Å². The molecule has 0 amide bonds. The van der Waals surface area contributed by atoms with Crippen LogP contribution in [0.1, 0.15) is 0 Å². The van der Waals surface area contributed by atoms with Crippen molar-refractivity contribution in [2.75, 3.05) is 0 Å². The van der Waals surface area contributed by atoms with Gasteiger partial charge in [0, 0.05) is 0 Å². The molecule has 0 aliphatic rings. The number of hydrogen-bond donors (Lipinski definition) is 0. The summed E-state index contributed by atoms with van der Waals surface area (Å²) < 4.78 is 4.91. The lowest BCUT2D eigenvalue weighted by molar-refractivity contribution is 0.616. The second kappa shape index (κ2) is 2.41. The Morgan fingerprint density at radius 2 is 1.75 bits per heavy atom. The van der Waals surface area contributed by atoms with E-state index in [0.29, 0.717) is 0 Å². The van der Waals surface area contributed by atoms with Crippen molar-refractivity contribution in [1.29, 1.82) is 0 Å². The van der Waals surface area contributed by atoms with Gasteiger partial charge >= 0.3 is 8.05 Å². The van der Waals surface area contributed by atoms with Crippen molar-refractivity contribution in [3.63, 3.8) is 0 Å². The Labute approximate surface area is 49.7 Å². The monoisotopic (exact) mass is 106 g/mol. The minimum Gasteiger partial charge on any atom is -0.568 e. The predicted molar refractivity (Wildman–Crippen MR) is 35.6 cm³/mol. The Morgan fingerprint density at radius 1 is 1.12 bits per heavy atom. The van der Waals surface area contributed by atoms with Crippen molar-refractivity contribution >= 4 is 8.05 Å². The molecule has 0 aromatic heterocycles. The quantitative estimate of drug-likeness (QED) is 0.476. The Balaban J connectivity index is 2.83. The fraction of sp³-hybridized carbons (Fsp3) is 0. The lowest BCUT2D eigenvalue weighted by Crippen LogP contribution is -1.81. The topological polar surface area (TPSA) is 9.23 Å². The average molecular weight is 106 g/mol. The lowest BCUT2D eigenvalue weighted by Gasteiger charge is -1.95. The van der Waals surface area contributed by atoms with E-state index in [9.17, 15) is 0 Å². The maximum absolute atomic E-state index is 4.91. The van der Waals surface area contributed by atoms with Crippen molar-refractivity contribution in [3.05, 3.63) is 30.3 Å². The molecule has 0 aliphatic carbocycles. The van der Waals surface area contributed by atoms with Crippen LogP contribution in [0.3, 0.4) is 0 Å². The summed E-state index contributed by atoms with van der Waals surface area (Å²) in [6.07, 6.45) is 0. The summed E-state index contributed by atoms with van der Waals surface area (Å²) in [5.74, 6) is 0.910. The van der Waals surface area contributed by atoms with E-state index in [4.69, 9.17) is 4.65 Å². The van der Waals surface area contributed by atoms with Crippen LogP contribution in [0, 0.1) is 0 Å². The molecule has 1 aromatic rings. The first-order valence-electron chi connectivity index (χ1n) is 2.52. The smallest absolute Gasteiger partial charge is 0.322 e. The third-order valence-corrected chi connectivity index (χ3v) is 0.979. The van der Waals surface area contributed by atoms with Crippen LogP contribution in [0.2, 0.25) is 0 Å². The molecule has 0 saturated carbocycles. The van der Waals surface area contributed by atoms with Crippen LogP contribution in [0.5, 0.6) is 5.75 Å². The summed E-state index contributed by atoms with van der Waals surface area (Å²) in [5.41, 5.74) is 0. The minimum atomic E-state index is 0.910. The Morgan fingerprint density at radius 3 is 2.12 bits per heavy atom. The van der Waals surface area contributed by atoms with E-state index in [1.54, 1.807) is 8.05 Å². The Kier molecular flexibility index (Phi) is 1.57. The van der Waals surface area contributed by atoms with E-state index < -0.39 is 0 Å². The highest BCUT2D eigenvalue weighted by Gasteiger charge is 1.79. The van der Waals surface area contributed by atoms with Crippen LogP contribution in [0.25, 0.3) is 0 Å². The molecule has 8 heavy (non-hydrogen) atoms. The van der Waals surface area contributed by atoms with E-state index in [1.165, 1.54) is 0 Å². The first-order valence-corrected chi connectivity index (χ1v) is 2.52. The normalized spacial score (nSPS) is 8.50. The molecule has 0 bridgehead atoms. The zero-order valence-corrected chi connectivity index (χ0v) is 4.79. The van der Waals surface area contributed by atoms with Gasteiger partial charge < -0.3 is 4.65 Å². The van der Waals surface area contributed by atoms with Gasteiger partial charge in [-0.3, -0.25) is 0 Å². The standard InChI is InChI=1S/C6H7BO/c7-8-6-4-2-1-3-5-6/h1-5H,7H2. The van der Waals surface area contributed by atoms with E-state index in [-0.39, 0.29) is 0 Å². The third kappa shape index (κ3) is 1.03. The molecule has 40 valence electrons. The van der Waals surface area contributed by atoms with Crippen LogP contribution in [0.4, 0.5) is 0 Å². The molecule has 0 spiro atoms. The second-order valence-electron chi connectivity index (χ2n) is 1.52. The molecule has 0 N–H and O–H groups in total. The maximum Gasteiger partial charge on any atom is 0.322 e. The van der Waals surface area contributed by atoms with Gasteiger partial charge in [0.25, 0.3) is 0 Å². The predicted octanol–water partition coefficient (Wildman–Crippen LogP) is 0.613. The van der Waals surface area contributed by atoms with Crippen molar-refractivity contribution < 1.29 is 4.65 Å². The number of hydrogen-bond acceptors (Lipinski definition) is 1. The third-order valence-electron chi connectivity index (χ3n) is 0.979. The van der Waals surface area contributed by atoms with E-state index >= 15 is 0 Å². The molecule has 0 saturated heterocycles. The van der Waals surface area contributed by atoms with Gasteiger partial charge in [-0.2, -0.15) is 0 Å². The molecule has 0 radical (unpaired) electrons. The lowest BCUT2D eigenvalue weighted by atomic mass is 10.3. The molecule has 0 atom stereocenters. The molecule has 0 aliphatic heterocycles. The fourth-order valence-corrected chi connectivity index (χ4v) is 0.557. The Bertz CT molecular complexity index is 150. The summed E-state index contributed by atoms with van der Waals surface area (Å²) in [7, 11) is 1.66. The van der Waals surface area contributed by atoms with E-state index in [1.807, 2.05) is 30.3 Å². The molecule has 1 nitrogen and oxygen atoms in total. The molecule has 0 fully saturated rings. The van der Waals surface area contributed by atoms with Crippen LogP contribution in [-0.2, 0) is 0 Å². The molecule has 0 heterocycles. The van der Waals surface area contributed by atoms with E-state index in [0.717, 1.165) is 5.75 Å². The fourth-order valence-electron chi connectivity index (χ4n) is 0.557. The number of para-hydroxylation sites is 1. The van der Waals surface area contributed by atoms with Crippen LogP contribution in [0.15, 0.2) is 30.3 Å². The van der Waals surface area contributed by atoms with E-state index in [2.05, 4.69) is 0 Å². The van der Waals surface area contributed by atoms with Crippen LogP contribution in [-0.4, -0.2) is 8.05 Å². The van der Waals surface area contributed by atoms with Crippen LogP contribution >= 0.6 is 0 Å². The highest BCUT2D eigenvalue weighted by molar-refractivity contribution is 5.99. The molecular weight excluding hydrogens is 98.9 g/mol. The Hall–Kier alpha value is -0.915. The van der Waals surface area contributed by atoms with Gasteiger partial charge in [0.2, 0.25) is 0 Å². The summed E-state index contributed by atoms with van der Waals surface area (Å²) in [4.78, 5) is 0. The zero-order valence-electron chi connectivity index (χ0n) is 4.79. The molecule has 1 aromatic carbocycles. The minimum absolute atomic E-state index is 0.910. The first-order chi connectivity index (χ1) is 3.93. The second-order valence-corrected chi connectivity index (χ2v) is 1.52. The molecule has 0 unspecified atom stereocenters. The summed E-state index contributed by atoms with van der Waals surface area (Å²) >= 11 is 0. The summed E-state index contributed by atoms with van der Waals surface area (Å²) in [6.45, 7) is 0. The molecule has 1 rings (SSSR count). The SMILES string of the molecule is BOc1ccccc1. The first kappa shape index (κ1) is 5.23. The molecular formula is C6H7BO. The maximum atomic E-state index is 4.91. The van der Waals surface area contributed by atoms with Gasteiger partial charge in [-0.05, 0) is 12.1 Å². The number of benzene rings is 1.